The number of primary amides is 1. The van der Waals surface area contributed by atoms with Crippen molar-refractivity contribution in [3.8, 4) is 11.6 Å². The number of aryl methyl sites for hydroxylation is 1. The van der Waals surface area contributed by atoms with Crippen LogP contribution in [0.25, 0.3) is 0 Å². The summed E-state index contributed by atoms with van der Waals surface area (Å²) in [6.45, 7) is 3.07. The average molecular weight is 388 g/mol. The Morgan fingerprint density at radius 3 is 2.79 bits per heavy atom. The average Bonchev–Trinajstić information content (AvgIpc) is 2.75. The summed E-state index contributed by atoms with van der Waals surface area (Å²) in [5.41, 5.74) is 8.24. The Labute approximate surface area is 170 Å². The van der Waals surface area contributed by atoms with E-state index in [1.165, 1.54) is 17.3 Å². The Morgan fingerprint density at radius 1 is 1.21 bits per heavy atom. The summed E-state index contributed by atoms with van der Waals surface area (Å²) in [6.07, 6.45) is 6.52. The largest absolute Gasteiger partial charge is 0.439 e. The van der Waals surface area contributed by atoms with Crippen molar-refractivity contribution in [2.45, 2.75) is 32.2 Å². The van der Waals surface area contributed by atoms with E-state index in [0.29, 0.717) is 17.5 Å². The smallest absolute Gasteiger partial charge is 0.250 e. The number of amides is 1. The van der Waals surface area contributed by atoms with Crippen LogP contribution in [-0.2, 0) is 6.42 Å². The normalized spacial score (nSPS) is 15.4. The van der Waals surface area contributed by atoms with Crippen LogP contribution in [-0.4, -0.2) is 22.4 Å². The summed E-state index contributed by atoms with van der Waals surface area (Å²) in [5.74, 6) is 1.68. The quantitative estimate of drug-likeness (QED) is 0.682. The lowest BCUT2D eigenvalue weighted by atomic mass is 9.86. The number of carbonyl (C=O) groups is 1. The van der Waals surface area contributed by atoms with Gasteiger partial charge in [-0.2, -0.15) is 0 Å². The number of nitrogens with zero attached hydrogens (tertiary/aromatic N) is 3. The third kappa shape index (κ3) is 4.06. The summed E-state index contributed by atoms with van der Waals surface area (Å²) < 4.78 is 5.90. The zero-order chi connectivity index (χ0) is 20.2. The van der Waals surface area contributed by atoms with E-state index in [0.717, 1.165) is 37.4 Å². The number of benzene rings is 1. The molecule has 0 radical (unpaired) electrons. The molecule has 1 amide bonds. The summed E-state index contributed by atoms with van der Waals surface area (Å²) in [4.78, 5) is 22.3. The van der Waals surface area contributed by atoms with Gasteiger partial charge in [0.1, 0.15) is 11.6 Å². The Morgan fingerprint density at radius 2 is 2.10 bits per heavy atom. The second kappa shape index (κ2) is 8.31. The van der Waals surface area contributed by atoms with Gasteiger partial charge in [0.05, 0.1) is 11.6 Å². The van der Waals surface area contributed by atoms with Gasteiger partial charge in [0.2, 0.25) is 11.8 Å². The highest BCUT2D eigenvalue weighted by molar-refractivity contribution is 5.92. The van der Waals surface area contributed by atoms with Crippen molar-refractivity contribution < 1.29 is 9.53 Å². The first-order chi connectivity index (χ1) is 14.2. The summed E-state index contributed by atoms with van der Waals surface area (Å²) in [6, 6.07) is 15.8. The molecule has 3 aromatic rings. The first kappa shape index (κ1) is 18.9. The van der Waals surface area contributed by atoms with Gasteiger partial charge in [-0.15, -0.1) is 0 Å². The molecular weight excluding hydrogens is 364 g/mol. The number of aromatic nitrogens is 2. The Kier molecular flexibility index (Phi) is 5.42. The molecule has 29 heavy (non-hydrogen) atoms. The standard InChI is InChI=1S/C23H24N4O2/c1-2-27(21-8-3-4-13-25-21)20-7-5-6-16-14-18(10-11-19(16)20)29-22-12-9-17(15-26-22)23(24)28/h3-4,8-15,20H,2,5-7H2,1H3,(H2,24,28). The van der Waals surface area contributed by atoms with Crippen molar-refractivity contribution in [2.75, 3.05) is 11.4 Å². The third-order valence-corrected chi connectivity index (χ3v) is 5.30. The number of anilines is 1. The van der Waals surface area contributed by atoms with E-state index < -0.39 is 5.91 Å². The first-order valence-electron chi connectivity index (χ1n) is 9.90. The molecule has 0 fully saturated rings. The fraction of sp³-hybridized carbons (Fsp3) is 0.261. The van der Waals surface area contributed by atoms with Crippen molar-refractivity contribution in [3.63, 3.8) is 0 Å². The number of pyridine rings is 2. The van der Waals surface area contributed by atoms with Crippen LogP contribution in [0.15, 0.2) is 60.9 Å². The molecule has 2 N–H and O–H groups in total. The molecule has 6 heteroatoms. The number of fused-ring (bicyclic) bond motifs is 1. The molecule has 1 aliphatic carbocycles. The molecule has 0 saturated carbocycles. The van der Waals surface area contributed by atoms with E-state index in [-0.39, 0.29) is 0 Å². The molecule has 0 aliphatic heterocycles. The van der Waals surface area contributed by atoms with E-state index in [1.807, 2.05) is 24.4 Å². The van der Waals surface area contributed by atoms with Gasteiger partial charge in [-0.25, -0.2) is 9.97 Å². The SMILES string of the molecule is CCN(c1ccccn1)C1CCCc2cc(Oc3ccc(C(N)=O)cn3)ccc21. The van der Waals surface area contributed by atoms with Crippen molar-refractivity contribution in [1.82, 2.24) is 9.97 Å². The van der Waals surface area contributed by atoms with E-state index in [9.17, 15) is 4.79 Å². The predicted molar refractivity (Wildman–Crippen MR) is 112 cm³/mol. The highest BCUT2D eigenvalue weighted by atomic mass is 16.5. The van der Waals surface area contributed by atoms with Crippen LogP contribution in [0, 0.1) is 0 Å². The minimum atomic E-state index is -0.503. The third-order valence-electron chi connectivity index (χ3n) is 5.30. The van der Waals surface area contributed by atoms with Gasteiger partial charge in [-0.1, -0.05) is 12.1 Å². The van der Waals surface area contributed by atoms with Crippen LogP contribution in [0.1, 0.15) is 47.3 Å². The molecule has 0 bridgehead atoms. The monoisotopic (exact) mass is 388 g/mol. The van der Waals surface area contributed by atoms with Crippen molar-refractivity contribution in [2.24, 2.45) is 5.73 Å². The van der Waals surface area contributed by atoms with Crippen LogP contribution >= 0.6 is 0 Å². The lowest BCUT2D eigenvalue weighted by Crippen LogP contribution is -2.31. The van der Waals surface area contributed by atoms with Crippen LogP contribution in [0.5, 0.6) is 11.6 Å². The molecular formula is C23H24N4O2. The molecule has 0 spiro atoms. The van der Waals surface area contributed by atoms with E-state index in [2.05, 4.69) is 40.0 Å². The number of ether oxygens (including phenoxy) is 1. The molecule has 1 atom stereocenters. The van der Waals surface area contributed by atoms with Crippen molar-refractivity contribution >= 4 is 11.7 Å². The molecule has 1 aromatic carbocycles. The molecule has 4 rings (SSSR count). The van der Waals surface area contributed by atoms with Gasteiger partial charge in [0.15, 0.2) is 0 Å². The van der Waals surface area contributed by atoms with Gasteiger partial charge >= 0.3 is 0 Å². The second-order valence-electron chi connectivity index (χ2n) is 7.09. The molecule has 2 heterocycles. The van der Waals surface area contributed by atoms with Crippen molar-refractivity contribution in [1.29, 1.82) is 0 Å². The Hall–Kier alpha value is -3.41. The lowest BCUT2D eigenvalue weighted by Gasteiger charge is -2.36. The Bertz CT molecular complexity index is 990. The van der Waals surface area contributed by atoms with E-state index >= 15 is 0 Å². The topological polar surface area (TPSA) is 81.3 Å². The lowest BCUT2D eigenvalue weighted by molar-refractivity contribution is 0.1000. The second-order valence-corrected chi connectivity index (χ2v) is 7.09. The number of rotatable bonds is 6. The summed E-state index contributed by atoms with van der Waals surface area (Å²) >= 11 is 0. The van der Waals surface area contributed by atoms with Gasteiger partial charge in [-0.3, -0.25) is 4.79 Å². The summed E-state index contributed by atoms with van der Waals surface area (Å²) in [5, 5.41) is 0. The zero-order valence-electron chi connectivity index (χ0n) is 16.4. The van der Waals surface area contributed by atoms with Gasteiger partial charge in [-0.05, 0) is 67.6 Å². The van der Waals surface area contributed by atoms with E-state index in [4.69, 9.17) is 10.5 Å². The van der Waals surface area contributed by atoms with Crippen molar-refractivity contribution in [3.05, 3.63) is 77.6 Å². The number of hydrogen-bond donors (Lipinski definition) is 1. The Balaban J connectivity index is 1.57. The van der Waals surface area contributed by atoms with Crippen LogP contribution in [0.2, 0.25) is 0 Å². The molecule has 1 aliphatic rings. The van der Waals surface area contributed by atoms with Gasteiger partial charge < -0.3 is 15.4 Å². The fourth-order valence-corrected chi connectivity index (χ4v) is 3.93. The molecule has 0 saturated heterocycles. The first-order valence-corrected chi connectivity index (χ1v) is 9.90. The van der Waals surface area contributed by atoms with E-state index in [1.54, 1.807) is 12.1 Å². The molecule has 6 nitrogen and oxygen atoms in total. The van der Waals surface area contributed by atoms with Gasteiger partial charge in [0.25, 0.3) is 0 Å². The highest BCUT2D eigenvalue weighted by Crippen LogP contribution is 2.38. The molecule has 1 unspecified atom stereocenters. The maximum absolute atomic E-state index is 11.2. The maximum atomic E-state index is 11.2. The summed E-state index contributed by atoms with van der Waals surface area (Å²) in [7, 11) is 0. The fourth-order valence-electron chi connectivity index (χ4n) is 3.93. The number of carbonyl (C=O) groups excluding carboxylic acids is 1. The zero-order valence-corrected chi connectivity index (χ0v) is 16.4. The predicted octanol–water partition coefficient (Wildman–Crippen LogP) is 4.27. The highest BCUT2D eigenvalue weighted by Gasteiger charge is 2.26. The minimum Gasteiger partial charge on any atom is -0.439 e. The molecule has 148 valence electrons. The van der Waals surface area contributed by atoms with Crippen LogP contribution < -0.4 is 15.4 Å². The number of nitrogens with two attached hydrogens (primary N) is 1. The molecule has 2 aromatic heterocycles. The van der Waals surface area contributed by atoms with Crippen LogP contribution in [0.4, 0.5) is 5.82 Å². The maximum Gasteiger partial charge on any atom is 0.250 e. The van der Waals surface area contributed by atoms with Gasteiger partial charge in [0, 0.05) is 25.0 Å². The minimum absolute atomic E-state index is 0.306. The number of hydrogen-bond acceptors (Lipinski definition) is 5. The van der Waals surface area contributed by atoms with Crippen LogP contribution in [0.3, 0.4) is 0 Å².